The normalized spacial score (nSPS) is 11.7. The van der Waals surface area contributed by atoms with E-state index in [2.05, 4.69) is 4.98 Å². The minimum Gasteiger partial charge on any atom is -0.399 e. The summed E-state index contributed by atoms with van der Waals surface area (Å²) in [5, 5.41) is 1.58. The second-order valence-electron chi connectivity index (χ2n) is 6.88. The molecule has 151 valence electrons. The fraction of sp³-hybridized carbons (Fsp3) is 0.0476. The summed E-state index contributed by atoms with van der Waals surface area (Å²) in [6.45, 7) is 1.66. The molecule has 5 rings (SSSR count). The van der Waals surface area contributed by atoms with E-state index in [-0.39, 0.29) is 34.5 Å². The fourth-order valence-corrected chi connectivity index (χ4v) is 6.64. The summed E-state index contributed by atoms with van der Waals surface area (Å²) in [6, 6.07) is 16.9. The number of nitrogens with two attached hydrogens (primary N) is 1. The molecule has 1 radical (unpaired) electrons. The van der Waals surface area contributed by atoms with Crippen molar-refractivity contribution in [2.24, 2.45) is 0 Å². The molecule has 0 saturated heterocycles. The molecular formula is C21H15N3NaO3S3. The van der Waals surface area contributed by atoms with Crippen molar-refractivity contribution in [2.45, 2.75) is 11.8 Å². The van der Waals surface area contributed by atoms with Crippen LogP contribution < -0.4 is 5.73 Å². The fourth-order valence-electron chi connectivity index (χ4n) is 3.32. The van der Waals surface area contributed by atoms with Crippen LogP contribution >= 0.6 is 22.7 Å². The molecule has 0 amide bonds. The quantitative estimate of drug-likeness (QED) is 0.216. The molecule has 0 saturated carbocycles. The molecule has 0 fully saturated rings. The van der Waals surface area contributed by atoms with Gasteiger partial charge in [-0.2, -0.15) is 8.42 Å². The van der Waals surface area contributed by atoms with Crippen LogP contribution in [0.15, 0.2) is 59.5 Å². The summed E-state index contributed by atoms with van der Waals surface area (Å²) in [6.07, 6.45) is 0. The second kappa shape index (κ2) is 8.25. The smallest absolute Gasteiger partial charge is 0.296 e. The maximum absolute atomic E-state index is 11.9. The van der Waals surface area contributed by atoms with E-state index in [1.54, 1.807) is 30.4 Å². The van der Waals surface area contributed by atoms with E-state index < -0.39 is 10.1 Å². The van der Waals surface area contributed by atoms with E-state index in [1.165, 1.54) is 11.3 Å². The Labute approximate surface area is 208 Å². The van der Waals surface area contributed by atoms with Gasteiger partial charge in [0.2, 0.25) is 0 Å². The molecule has 0 aliphatic rings. The third-order valence-corrected chi connectivity index (χ3v) is 8.14. The molecule has 3 N–H and O–H groups in total. The number of hydrogen-bond donors (Lipinski definition) is 2. The van der Waals surface area contributed by atoms with Crippen LogP contribution in [0.1, 0.15) is 5.56 Å². The Morgan fingerprint density at radius 3 is 2.19 bits per heavy atom. The number of anilines is 1. The van der Waals surface area contributed by atoms with Gasteiger partial charge in [-0.15, -0.1) is 22.7 Å². The number of nitrogen functional groups attached to an aromatic ring is 1. The summed E-state index contributed by atoms with van der Waals surface area (Å²) < 4.78 is 34.8. The molecule has 0 unspecified atom stereocenters. The van der Waals surface area contributed by atoms with Gasteiger partial charge in [-0.25, -0.2) is 9.97 Å². The number of benzene rings is 3. The maximum atomic E-state index is 11.9. The Balaban J connectivity index is 0.00000231. The van der Waals surface area contributed by atoms with Crippen LogP contribution in [-0.2, 0) is 10.1 Å². The van der Waals surface area contributed by atoms with Crippen LogP contribution in [0.2, 0.25) is 0 Å². The monoisotopic (exact) mass is 476 g/mol. The number of rotatable bonds is 3. The van der Waals surface area contributed by atoms with Crippen molar-refractivity contribution in [1.82, 2.24) is 9.97 Å². The van der Waals surface area contributed by atoms with E-state index in [0.717, 1.165) is 26.4 Å². The molecule has 3 aromatic carbocycles. The predicted octanol–water partition coefficient (Wildman–Crippen LogP) is 5.00. The van der Waals surface area contributed by atoms with Gasteiger partial charge >= 0.3 is 0 Å². The molecule has 6 nitrogen and oxygen atoms in total. The summed E-state index contributed by atoms with van der Waals surface area (Å²) in [5.41, 5.74) is 10.3. The van der Waals surface area contributed by atoms with Crippen molar-refractivity contribution in [3.63, 3.8) is 0 Å². The Kier molecular flexibility index (Phi) is 5.95. The molecule has 2 aromatic heterocycles. The minimum absolute atomic E-state index is 0. The van der Waals surface area contributed by atoms with E-state index in [1.807, 2.05) is 42.5 Å². The molecule has 10 heteroatoms. The van der Waals surface area contributed by atoms with E-state index in [9.17, 15) is 13.0 Å². The standard InChI is InChI=1S/C21H15N3O3S3.Na/c1-11-2-8-16-18(19(11)30(25,26)27)29-21(24-16)13-5-9-15-17(10-13)28-20(23-15)12-3-6-14(22)7-4-12;/h2-10H,22H2,1H3,(H,25,26,27);. The molecular weight excluding hydrogens is 461 g/mol. The van der Waals surface area contributed by atoms with E-state index >= 15 is 0 Å². The molecule has 0 aliphatic carbocycles. The van der Waals surface area contributed by atoms with Gasteiger partial charge in [0.05, 0.1) is 20.4 Å². The van der Waals surface area contributed by atoms with Gasteiger partial charge in [0.15, 0.2) is 0 Å². The zero-order valence-corrected chi connectivity index (χ0v) is 21.1. The Hall–Kier alpha value is -1.85. The van der Waals surface area contributed by atoms with Crippen LogP contribution in [0, 0.1) is 6.92 Å². The third-order valence-electron chi connectivity index (χ3n) is 4.76. The van der Waals surface area contributed by atoms with E-state index in [4.69, 9.17) is 10.7 Å². The molecule has 0 atom stereocenters. The Morgan fingerprint density at radius 2 is 1.48 bits per heavy atom. The van der Waals surface area contributed by atoms with Gasteiger partial charge < -0.3 is 5.73 Å². The Morgan fingerprint density at radius 1 is 0.871 bits per heavy atom. The van der Waals surface area contributed by atoms with Gasteiger partial charge in [-0.3, -0.25) is 4.55 Å². The maximum Gasteiger partial charge on any atom is 0.296 e. The molecule has 31 heavy (non-hydrogen) atoms. The van der Waals surface area contributed by atoms with Crippen molar-refractivity contribution in [1.29, 1.82) is 0 Å². The summed E-state index contributed by atoms with van der Waals surface area (Å²) in [4.78, 5) is 9.21. The zero-order valence-electron chi connectivity index (χ0n) is 16.7. The molecule has 5 aromatic rings. The zero-order chi connectivity index (χ0) is 21.0. The predicted molar refractivity (Wildman–Crippen MR) is 128 cm³/mol. The van der Waals surface area contributed by atoms with Crippen LogP contribution in [0.5, 0.6) is 0 Å². The molecule has 0 spiro atoms. The van der Waals surface area contributed by atoms with Gasteiger partial charge in [0.25, 0.3) is 10.1 Å². The first-order chi connectivity index (χ1) is 14.3. The van der Waals surface area contributed by atoms with Gasteiger partial charge in [0.1, 0.15) is 14.9 Å². The topological polar surface area (TPSA) is 106 Å². The second-order valence-corrected chi connectivity index (χ2v) is 10.3. The summed E-state index contributed by atoms with van der Waals surface area (Å²) in [7, 11) is -4.34. The van der Waals surface area contributed by atoms with Gasteiger partial charge in [-0.05, 0) is 61.0 Å². The molecule has 2 heterocycles. The van der Waals surface area contributed by atoms with Crippen LogP contribution in [-0.4, -0.2) is 52.5 Å². The van der Waals surface area contributed by atoms with Crippen molar-refractivity contribution in [3.05, 3.63) is 60.2 Å². The van der Waals surface area contributed by atoms with Crippen LogP contribution in [0.3, 0.4) is 0 Å². The average molecular weight is 477 g/mol. The Bertz CT molecular complexity index is 1540. The van der Waals surface area contributed by atoms with Crippen LogP contribution in [0.4, 0.5) is 5.69 Å². The van der Waals surface area contributed by atoms with Crippen molar-refractivity contribution < 1.29 is 13.0 Å². The number of hydrogen-bond acceptors (Lipinski definition) is 7. The van der Waals surface area contributed by atoms with Gasteiger partial charge in [0, 0.05) is 46.4 Å². The van der Waals surface area contributed by atoms with E-state index in [0.29, 0.717) is 26.5 Å². The van der Waals surface area contributed by atoms with Crippen LogP contribution in [0.25, 0.3) is 41.6 Å². The number of fused-ring (bicyclic) bond motifs is 2. The first kappa shape index (κ1) is 22.3. The number of thiazole rings is 2. The average Bonchev–Trinajstić information content (AvgIpc) is 3.30. The first-order valence-electron chi connectivity index (χ1n) is 8.94. The van der Waals surface area contributed by atoms with Crippen molar-refractivity contribution >= 4 is 88.5 Å². The SMILES string of the molecule is Cc1ccc2nc(-c3ccc4nc(-c5ccc(N)cc5)sc4c3)sc2c1S(=O)(=O)O.[Na]. The van der Waals surface area contributed by atoms with Gasteiger partial charge in [-0.1, -0.05) is 6.07 Å². The van der Waals surface area contributed by atoms with Crippen molar-refractivity contribution in [2.75, 3.05) is 5.73 Å². The molecule has 0 aliphatic heterocycles. The van der Waals surface area contributed by atoms with Crippen molar-refractivity contribution in [3.8, 4) is 21.1 Å². The number of aryl methyl sites for hydroxylation is 1. The number of aromatic nitrogens is 2. The third kappa shape index (κ3) is 4.14. The largest absolute Gasteiger partial charge is 0.399 e. The summed E-state index contributed by atoms with van der Waals surface area (Å²) in [5.74, 6) is 0. The summed E-state index contributed by atoms with van der Waals surface area (Å²) >= 11 is 2.82. The minimum atomic E-state index is -4.34. The molecule has 0 bridgehead atoms. The number of nitrogens with zero attached hydrogens (tertiary/aromatic N) is 2. The first-order valence-corrected chi connectivity index (χ1v) is 12.0.